The molecule has 0 bridgehead atoms. The summed E-state index contributed by atoms with van der Waals surface area (Å²) in [5, 5.41) is 2.90. The smallest absolute Gasteiger partial charge is 0.255 e. The molecule has 3 rings (SSSR count). The Morgan fingerprint density at radius 2 is 1.82 bits per heavy atom. The fraction of sp³-hybridized carbons (Fsp3) is 0.385. The van der Waals surface area contributed by atoms with Gasteiger partial charge in [0.05, 0.1) is 17.6 Å². The molecular formula is C26H34N6O2. The van der Waals surface area contributed by atoms with Crippen molar-refractivity contribution >= 4 is 35.1 Å². The molecule has 0 unspecified atom stereocenters. The van der Waals surface area contributed by atoms with Crippen LogP contribution >= 0.6 is 0 Å². The van der Waals surface area contributed by atoms with Gasteiger partial charge in [0.1, 0.15) is 5.84 Å². The Labute approximate surface area is 201 Å². The number of pyridine rings is 1. The first kappa shape index (κ1) is 25.1. The lowest BCUT2D eigenvalue weighted by molar-refractivity contribution is -0.127. The van der Waals surface area contributed by atoms with Crippen LogP contribution in [0.15, 0.2) is 47.2 Å². The average molecular weight is 463 g/mol. The highest BCUT2D eigenvalue weighted by atomic mass is 16.2. The van der Waals surface area contributed by atoms with Crippen LogP contribution in [0.2, 0.25) is 0 Å². The molecule has 0 aliphatic carbocycles. The summed E-state index contributed by atoms with van der Waals surface area (Å²) in [5.74, 6) is 0.0769. The van der Waals surface area contributed by atoms with E-state index < -0.39 is 0 Å². The van der Waals surface area contributed by atoms with Gasteiger partial charge in [-0.05, 0) is 56.8 Å². The molecule has 2 amide bonds. The molecule has 1 aromatic carbocycles. The molecule has 8 nitrogen and oxygen atoms in total. The van der Waals surface area contributed by atoms with Gasteiger partial charge in [0.25, 0.3) is 5.91 Å². The number of hydrogen-bond acceptors (Lipinski definition) is 6. The van der Waals surface area contributed by atoms with Crippen LogP contribution in [0, 0.1) is 0 Å². The van der Waals surface area contributed by atoms with Crippen LogP contribution in [0.1, 0.15) is 54.6 Å². The maximum absolute atomic E-state index is 13.1. The van der Waals surface area contributed by atoms with Crippen molar-refractivity contribution in [3.63, 3.8) is 0 Å². The molecule has 0 fully saturated rings. The molecule has 8 heteroatoms. The average Bonchev–Trinajstić information content (AvgIpc) is 2.95. The van der Waals surface area contributed by atoms with Gasteiger partial charge in [-0.15, -0.1) is 0 Å². The lowest BCUT2D eigenvalue weighted by atomic mass is 10.0. The Morgan fingerprint density at radius 1 is 1.09 bits per heavy atom. The number of anilines is 1. The topological polar surface area (TPSA) is 104 Å². The van der Waals surface area contributed by atoms with Crippen LogP contribution < -0.4 is 11.1 Å². The highest BCUT2D eigenvalue weighted by molar-refractivity contribution is 6.07. The third-order valence-corrected chi connectivity index (χ3v) is 5.36. The summed E-state index contributed by atoms with van der Waals surface area (Å²) < 4.78 is 0. The second-order valence-electron chi connectivity index (χ2n) is 8.79. The third-order valence-electron chi connectivity index (χ3n) is 5.36. The second-order valence-corrected chi connectivity index (χ2v) is 8.79. The predicted octanol–water partition coefficient (Wildman–Crippen LogP) is 3.82. The van der Waals surface area contributed by atoms with E-state index in [4.69, 9.17) is 5.73 Å². The first-order chi connectivity index (χ1) is 16.3. The van der Waals surface area contributed by atoms with Crippen molar-refractivity contribution in [1.29, 1.82) is 0 Å². The molecule has 2 heterocycles. The number of carbonyl (C=O) groups is 2. The zero-order chi connectivity index (χ0) is 24.7. The van der Waals surface area contributed by atoms with Gasteiger partial charge in [0.2, 0.25) is 5.91 Å². The standard InChI is InChI=1S/C26H34N6O2/c1-5-9-32(10-6-2)26(34)21-12-19-7-8-20(13-23(19)30-24(27)14-21)25(33)29-22-11-18(15-28-16-22)17-31(3)4/h7-8,11-13,15-16H,5-6,9-10,14,17H2,1-4H3,(H2,27,30)(H,29,33). The molecule has 1 aromatic heterocycles. The number of nitrogens with one attached hydrogen (secondary N) is 1. The number of amidine groups is 1. The molecule has 34 heavy (non-hydrogen) atoms. The number of carbonyl (C=O) groups excluding carboxylic acids is 2. The van der Waals surface area contributed by atoms with Crippen molar-refractivity contribution in [2.24, 2.45) is 10.7 Å². The van der Waals surface area contributed by atoms with E-state index in [1.54, 1.807) is 24.5 Å². The van der Waals surface area contributed by atoms with Crippen LogP contribution in [0.25, 0.3) is 6.08 Å². The van der Waals surface area contributed by atoms with Crippen molar-refractivity contribution in [1.82, 2.24) is 14.8 Å². The molecule has 0 saturated heterocycles. The number of hydrogen-bond donors (Lipinski definition) is 2. The summed E-state index contributed by atoms with van der Waals surface area (Å²) >= 11 is 0. The van der Waals surface area contributed by atoms with Gasteiger partial charge in [0.15, 0.2) is 0 Å². The lowest BCUT2D eigenvalue weighted by Crippen LogP contribution is -2.34. The largest absolute Gasteiger partial charge is 0.387 e. The zero-order valence-electron chi connectivity index (χ0n) is 20.5. The molecule has 0 atom stereocenters. The molecule has 3 N–H and O–H groups in total. The van der Waals surface area contributed by atoms with E-state index in [-0.39, 0.29) is 18.2 Å². The summed E-state index contributed by atoms with van der Waals surface area (Å²) in [5.41, 5.74) is 10.2. The summed E-state index contributed by atoms with van der Waals surface area (Å²) in [7, 11) is 3.96. The van der Waals surface area contributed by atoms with Crippen molar-refractivity contribution in [2.75, 3.05) is 32.5 Å². The molecule has 180 valence electrons. The molecule has 0 saturated carbocycles. The quantitative estimate of drug-likeness (QED) is 0.590. The Bertz CT molecular complexity index is 1100. The van der Waals surface area contributed by atoms with Gasteiger partial charge < -0.3 is 20.9 Å². The summed E-state index contributed by atoms with van der Waals surface area (Å²) in [6.07, 6.45) is 7.31. The maximum atomic E-state index is 13.1. The summed E-state index contributed by atoms with van der Waals surface area (Å²) in [4.78, 5) is 38.6. The summed E-state index contributed by atoms with van der Waals surface area (Å²) in [6, 6.07) is 7.15. The van der Waals surface area contributed by atoms with E-state index in [1.165, 1.54) is 0 Å². The van der Waals surface area contributed by atoms with E-state index >= 15 is 0 Å². The molecule has 1 aliphatic rings. The highest BCUT2D eigenvalue weighted by Crippen LogP contribution is 2.29. The molecule has 0 radical (unpaired) electrons. The fourth-order valence-corrected chi connectivity index (χ4v) is 3.94. The van der Waals surface area contributed by atoms with E-state index in [0.29, 0.717) is 41.4 Å². The maximum Gasteiger partial charge on any atom is 0.255 e. The van der Waals surface area contributed by atoms with Crippen LogP contribution in [0.4, 0.5) is 11.4 Å². The summed E-state index contributed by atoms with van der Waals surface area (Å²) in [6.45, 7) is 6.26. The van der Waals surface area contributed by atoms with Gasteiger partial charge in [0, 0.05) is 49.0 Å². The van der Waals surface area contributed by atoms with E-state index in [1.807, 2.05) is 42.1 Å². The number of aliphatic imine (C=N–C) groups is 1. The van der Waals surface area contributed by atoms with Gasteiger partial charge in [-0.25, -0.2) is 4.99 Å². The van der Waals surface area contributed by atoms with Crippen LogP contribution in [-0.2, 0) is 11.3 Å². The number of amides is 2. The minimum Gasteiger partial charge on any atom is -0.387 e. The Morgan fingerprint density at radius 3 is 2.50 bits per heavy atom. The minimum absolute atomic E-state index is 0.0124. The first-order valence-corrected chi connectivity index (χ1v) is 11.7. The molecule has 0 spiro atoms. The van der Waals surface area contributed by atoms with Gasteiger partial charge in [-0.3, -0.25) is 14.6 Å². The molecular weight excluding hydrogens is 428 g/mol. The van der Waals surface area contributed by atoms with Crippen LogP contribution in [0.5, 0.6) is 0 Å². The van der Waals surface area contributed by atoms with E-state index in [2.05, 4.69) is 29.1 Å². The van der Waals surface area contributed by atoms with Gasteiger partial charge >= 0.3 is 0 Å². The van der Waals surface area contributed by atoms with Gasteiger partial charge in [-0.1, -0.05) is 19.9 Å². The Hall–Kier alpha value is -3.52. The SMILES string of the molecule is CCCN(CCC)C(=O)C1=Cc2ccc(C(=O)Nc3cncc(CN(C)C)c3)cc2N=C(N)C1. The number of nitrogens with two attached hydrogens (primary N) is 1. The fourth-order valence-electron chi connectivity index (χ4n) is 3.94. The van der Waals surface area contributed by atoms with Crippen LogP contribution in [-0.4, -0.2) is 59.6 Å². The number of benzene rings is 1. The van der Waals surface area contributed by atoms with Crippen molar-refractivity contribution < 1.29 is 9.59 Å². The van der Waals surface area contributed by atoms with Crippen molar-refractivity contribution in [3.8, 4) is 0 Å². The second kappa shape index (κ2) is 11.6. The normalized spacial score (nSPS) is 13.0. The first-order valence-electron chi connectivity index (χ1n) is 11.7. The van der Waals surface area contributed by atoms with Gasteiger partial charge in [-0.2, -0.15) is 0 Å². The lowest BCUT2D eigenvalue weighted by Gasteiger charge is -2.22. The monoisotopic (exact) mass is 462 g/mol. The predicted molar refractivity (Wildman–Crippen MR) is 137 cm³/mol. The van der Waals surface area contributed by atoms with Crippen molar-refractivity contribution in [2.45, 2.75) is 39.7 Å². The molecule has 2 aromatic rings. The van der Waals surface area contributed by atoms with E-state index in [9.17, 15) is 9.59 Å². The van der Waals surface area contributed by atoms with Crippen LogP contribution in [0.3, 0.4) is 0 Å². The Kier molecular flexibility index (Phi) is 8.54. The van der Waals surface area contributed by atoms with E-state index in [0.717, 1.165) is 30.5 Å². The zero-order valence-corrected chi connectivity index (χ0v) is 20.5. The Balaban J connectivity index is 1.83. The minimum atomic E-state index is -0.262. The number of nitrogens with zero attached hydrogens (tertiary/aromatic N) is 4. The number of fused-ring (bicyclic) bond motifs is 1. The highest BCUT2D eigenvalue weighted by Gasteiger charge is 2.21. The third kappa shape index (κ3) is 6.51. The number of aromatic nitrogens is 1. The molecule has 1 aliphatic heterocycles. The van der Waals surface area contributed by atoms with Crippen molar-refractivity contribution in [3.05, 3.63) is 58.9 Å². The number of rotatable bonds is 9.